The van der Waals surface area contributed by atoms with Crippen LogP contribution in [-0.2, 0) is 11.3 Å². The van der Waals surface area contributed by atoms with Crippen molar-refractivity contribution in [1.82, 2.24) is 24.8 Å². The van der Waals surface area contributed by atoms with E-state index in [0.717, 1.165) is 5.56 Å². The van der Waals surface area contributed by atoms with Gasteiger partial charge in [0.25, 0.3) is 0 Å². The standard InChI is InChI=1S/C21H26N6O4/c1-26(2)19-16-20(23-11-22-19)27(12-24-16)15-9-8-14(17(28)18(15)29)25-21(30)31-10-13-6-4-3-5-7-13/h3-7,11-12,14-15,17-18,28-29H,8-10H2,1-2H3,(H,25,30)/t14-,15-,17-,18-/m1/s1. The van der Waals surface area contributed by atoms with Crippen LogP contribution >= 0.6 is 0 Å². The molecule has 3 N–H and O–H groups in total. The second-order valence-corrected chi connectivity index (χ2v) is 7.85. The van der Waals surface area contributed by atoms with Crippen LogP contribution in [0.1, 0.15) is 24.4 Å². The molecule has 1 saturated carbocycles. The summed E-state index contributed by atoms with van der Waals surface area (Å²) in [6.45, 7) is 0.135. The third-order valence-corrected chi connectivity index (χ3v) is 5.57. The van der Waals surface area contributed by atoms with Gasteiger partial charge in [0.15, 0.2) is 17.0 Å². The molecule has 4 rings (SSSR count). The molecule has 1 aliphatic rings. The lowest BCUT2D eigenvalue weighted by Crippen LogP contribution is -2.54. The molecule has 1 amide bonds. The van der Waals surface area contributed by atoms with Crippen molar-refractivity contribution in [3.63, 3.8) is 0 Å². The maximum atomic E-state index is 12.2. The number of ether oxygens (including phenoxy) is 1. The number of hydrogen-bond acceptors (Lipinski definition) is 8. The average molecular weight is 426 g/mol. The van der Waals surface area contributed by atoms with Crippen LogP contribution in [0.2, 0.25) is 0 Å². The number of fused-ring (bicyclic) bond motifs is 1. The first-order valence-electron chi connectivity index (χ1n) is 10.1. The molecule has 0 aliphatic heterocycles. The van der Waals surface area contributed by atoms with Gasteiger partial charge in [0.05, 0.1) is 18.4 Å². The predicted octanol–water partition coefficient (Wildman–Crippen LogP) is 1.24. The molecule has 10 nitrogen and oxygen atoms in total. The number of nitrogens with one attached hydrogen (secondary N) is 1. The van der Waals surface area contributed by atoms with Crippen molar-refractivity contribution in [3.05, 3.63) is 48.5 Å². The number of benzene rings is 1. The van der Waals surface area contributed by atoms with Gasteiger partial charge in [-0.05, 0) is 18.4 Å². The van der Waals surface area contributed by atoms with E-state index in [-0.39, 0.29) is 6.61 Å². The number of hydrogen-bond donors (Lipinski definition) is 3. The third kappa shape index (κ3) is 4.30. The summed E-state index contributed by atoms with van der Waals surface area (Å²) < 4.78 is 6.99. The van der Waals surface area contributed by atoms with Crippen molar-refractivity contribution < 1.29 is 19.7 Å². The van der Waals surface area contributed by atoms with Gasteiger partial charge in [0, 0.05) is 14.1 Å². The van der Waals surface area contributed by atoms with Crippen molar-refractivity contribution in [3.8, 4) is 0 Å². The number of aliphatic hydroxyl groups excluding tert-OH is 2. The molecule has 31 heavy (non-hydrogen) atoms. The number of alkyl carbamates (subject to hydrolysis) is 1. The topological polar surface area (TPSA) is 126 Å². The smallest absolute Gasteiger partial charge is 0.407 e. The van der Waals surface area contributed by atoms with Crippen LogP contribution in [0.4, 0.5) is 10.6 Å². The minimum atomic E-state index is -1.16. The molecule has 0 saturated heterocycles. The van der Waals surface area contributed by atoms with Crippen LogP contribution in [0.25, 0.3) is 11.2 Å². The Hall–Kier alpha value is -3.24. The molecule has 0 spiro atoms. The van der Waals surface area contributed by atoms with Gasteiger partial charge in [-0.3, -0.25) is 0 Å². The van der Waals surface area contributed by atoms with Gasteiger partial charge in [0.2, 0.25) is 0 Å². The van der Waals surface area contributed by atoms with Gasteiger partial charge in [0.1, 0.15) is 25.1 Å². The quantitative estimate of drug-likeness (QED) is 0.557. The Morgan fingerprint density at radius 3 is 2.68 bits per heavy atom. The van der Waals surface area contributed by atoms with E-state index in [9.17, 15) is 15.0 Å². The number of aliphatic hydroxyl groups is 2. The first-order chi connectivity index (χ1) is 15.0. The third-order valence-electron chi connectivity index (χ3n) is 5.57. The molecule has 1 aromatic carbocycles. The number of amides is 1. The molecule has 0 unspecified atom stereocenters. The molecule has 10 heteroatoms. The second-order valence-electron chi connectivity index (χ2n) is 7.85. The fraction of sp³-hybridized carbons (Fsp3) is 0.429. The zero-order valence-electron chi connectivity index (χ0n) is 17.4. The summed E-state index contributed by atoms with van der Waals surface area (Å²) >= 11 is 0. The summed E-state index contributed by atoms with van der Waals surface area (Å²) in [5.74, 6) is 0.676. The van der Waals surface area contributed by atoms with Gasteiger partial charge < -0.3 is 29.7 Å². The molecular weight excluding hydrogens is 400 g/mol. The molecule has 0 radical (unpaired) electrons. The number of nitrogens with zero attached hydrogens (tertiary/aromatic N) is 5. The first kappa shape index (κ1) is 21.0. The van der Waals surface area contributed by atoms with E-state index in [2.05, 4.69) is 20.3 Å². The highest BCUT2D eigenvalue weighted by atomic mass is 16.5. The molecule has 3 aromatic rings. The van der Waals surface area contributed by atoms with Crippen LogP contribution < -0.4 is 10.2 Å². The van der Waals surface area contributed by atoms with E-state index < -0.39 is 30.4 Å². The van der Waals surface area contributed by atoms with Gasteiger partial charge in [-0.15, -0.1) is 0 Å². The summed E-state index contributed by atoms with van der Waals surface area (Å²) in [4.78, 5) is 27.0. The van der Waals surface area contributed by atoms with Crippen LogP contribution in [0.5, 0.6) is 0 Å². The maximum absolute atomic E-state index is 12.2. The van der Waals surface area contributed by atoms with Gasteiger partial charge in [-0.25, -0.2) is 19.7 Å². The summed E-state index contributed by atoms with van der Waals surface area (Å²) in [5, 5.41) is 24.1. The lowest BCUT2D eigenvalue weighted by atomic mass is 9.86. The predicted molar refractivity (Wildman–Crippen MR) is 113 cm³/mol. The van der Waals surface area contributed by atoms with Crippen LogP contribution in [-0.4, -0.2) is 68.2 Å². The van der Waals surface area contributed by atoms with E-state index in [1.807, 2.05) is 49.3 Å². The fourth-order valence-corrected chi connectivity index (χ4v) is 3.94. The summed E-state index contributed by atoms with van der Waals surface area (Å²) in [6, 6.07) is 8.29. The van der Waals surface area contributed by atoms with Crippen molar-refractivity contribution in [2.75, 3.05) is 19.0 Å². The van der Waals surface area contributed by atoms with Gasteiger partial charge in [-0.1, -0.05) is 30.3 Å². The Labute approximate surface area is 179 Å². The minimum absolute atomic E-state index is 0.135. The normalized spacial score (nSPS) is 23.5. The number of rotatable bonds is 5. The monoisotopic (exact) mass is 426 g/mol. The summed E-state index contributed by atoms with van der Waals surface area (Å²) in [6.07, 6.45) is 1.15. The number of carbonyl (C=O) groups excluding carboxylic acids is 1. The molecular formula is C21H26N6O4. The van der Waals surface area contributed by atoms with E-state index >= 15 is 0 Å². The van der Waals surface area contributed by atoms with Crippen molar-refractivity contribution in [1.29, 1.82) is 0 Å². The Morgan fingerprint density at radius 2 is 1.94 bits per heavy atom. The number of imidazole rings is 1. The number of anilines is 1. The molecule has 164 valence electrons. The highest BCUT2D eigenvalue weighted by molar-refractivity contribution is 5.83. The molecule has 2 aromatic heterocycles. The minimum Gasteiger partial charge on any atom is -0.445 e. The van der Waals surface area contributed by atoms with E-state index in [0.29, 0.717) is 29.8 Å². The van der Waals surface area contributed by atoms with E-state index in [4.69, 9.17) is 4.74 Å². The Bertz CT molecular complexity index is 1040. The number of carbonyl (C=O) groups is 1. The zero-order chi connectivity index (χ0) is 22.0. The van der Waals surface area contributed by atoms with Crippen LogP contribution in [0, 0.1) is 0 Å². The lowest BCUT2D eigenvalue weighted by Gasteiger charge is -2.38. The molecule has 1 fully saturated rings. The summed E-state index contributed by atoms with van der Waals surface area (Å²) in [7, 11) is 3.74. The Kier molecular flexibility index (Phi) is 6.01. The van der Waals surface area contributed by atoms with E-state index in [1.165, 1.54) is 6.33 Å². The SMILES string of the molecule is CN(C)c1ncnc2c1ncn2[C@@H]1CC[C@@H](NC(=O)OCc2ccccc2)[C@@H](O)[C@@H]1O. The summed E-state index contributed by atoms with van der Waals surface area (Å²) in [5.41, 5.74) is 2.08. The largest absolute Gasteiger partial charge is 0.445 e. The Morgan fingerprint density at radius 1 is 1.16 bits per heavy atom. The van der Waals surface area contributed by atoms with Crippen LogP contribution in [0.15, 0.2) is 43.0 Å². The van der Waals surface area contributed by atoms with Crippen molar-refractivity contribution in [2.45, 2.75) is 43.7 Å². The fourth-order valence-electron chi connectivity index (χ4n) is 3.94. The highest BCUT2D eigenvalue weighted by Gasteiger charge is 2.40. The number of aromatic nitrogens is 4. The highest BCUT2D eigenvalue weighted by Crippen LogP contribution is 2.32. The van der Waals surface area contributed by atoms with Gasteiger partial charge >= 0.3 is 6.09 Å². The first-order valence-corrected chi connectivity index (χ1v) is 10.1. The molecule has 4 atom stereocenters. The Balaban J connectivity index is 1.42. The van der Waals surface area contributed by atoms with Crippen molar-refractivity contribution >= 4 is 23.1 Å². The average Bonchev–Trinajstić information content (AvgIpc) is 3.20. The van der Waals surface area contributed by atoms with Crippen LogP contribution in [0.3, 0.4) is 0 Å². The molecule has 2 heterocycles. The lowest BCUT2D eigenvalue weighted by molar-refractivity contribution is -0.0563. The van der Waals surface area contributed by atoms with E-state index in [1.54, 1.807) is 10.9 Å². The molecule has 0 bridgehead atoms. The zero-order valence-corrected chi connectivity index (χ0v) is 17.4. The molecule has 1 aliphatic carbocycles. The van der Waals surface area contributed by atoms with Crippen molar-refractivity contribution in [2.24, 2.45) is 0 Å². The van der Waals surface area contributed by atoms with Gasteiger partial charge in [-0.2, -0.15) is 0 Å². The second kappa shape index (κ2) is 8.86. The maximum Gasteiger partial charge on any atom is 0.407 e.